The summed E-state index contributed by atoms with van der Waals surface area (Å²) in [4.78, 5) is 17.3. The molecule has 0 radical (unpaired) electrons. The molecule has 5 heteroatoms. The van der Waals surface area contributed by atoms with Gasteiger partial charge in [-0.05, 0) is 63.0 Å². The van der Waals surface area contributed by atoms with E-state index in [1.54, 1.807) is 11.3 Å². The molecule has 1 aromatic heterocycles. The van der Waals surface area contributed by atoms with Crippen LogP contribution < -0.4 is 5.73 Å². The van der Waals surface area contributed by atoms with Gasteiger partial charge in [-0.15, -0.1) is 11.3 Å². The van der Waals surface area contributed by atoms with E-state index in [1.807, 2.05) is 36.4 Å². The second kappa shape index (κ2) is 8.13. The van der Waals surface area contributed by atoms with Gasteiger partial charge in [-0.25, -0.2) is 0 Å². The highest BCUT2D eigenvalue weighted by atomic mass is 127. The lowest BCUT2D eigenvalue weighted by Gasteiger charge is -2.27. The van der Waals surface area contributed by atoms with E-state index in [2.05, 4.69) is 57.8 Å². The van der Waals surface area contributed by atoms with Crippen molar-refractivity contribution in [2.24, 2.45) is 0 Å². The Morgan fingerprint density at radius 3 is 2.53 bits per heavy atom. The third kappa shape index (κ3) is 3.55. The zero-order valence-electron chi connectivity index (χ0n) is 16.4. The molecule has 1 aliphatic heterocycles. The van der Waals surface area contributed by atoms with Crippen LogP contribution in [0.1, 0.15) is 31.9 Å². The van der Waals surface area contributed by atoms with Gasteiger partial charge in [0.15, 0.2) is 5.78 Å². The molecule has 0 saturated heterocycles. The SMILES string of the molecule is Nc1sc2c(c1C(=O)c1ccc(I)c3ccccc13)CCN(Cc1ccccc1)C2. The first-order valence-corrected chi connectivity index (χ1v) is 11.9. The third-order valence-electron chi connectivity index (χ3n) is 5.75. The Labute approximate surface area is 193 Å². The molecule has 0 fully saturated rings. The van der Waals surface area contributed by atoms with E-state index in [-0.39, 0.29) is 5.78 Å². The fourth-order valence-electron chi connectivity index (χ4n) is 4.30. The van der Waals surface area contributed by atoms with E-state index in [0.717, 1.165) is 57.1 Å². The minimum absolute atomic E-state index is 0.0501. The van der Waals surface area contributed by atoms with Crippen LogP contribution in [0.2, 0.25) is 0 Å². The van der Waals surface area contributed by atoms with E-state index in [0.29, 0.717) is 5.00 Å². The van der Waals surface area contributed by atoms with Crippen molar-refractivity contribution in [2.75, 3.05) is 12.3 Å². The maximum absolute atomic E-state index is 13.6. The van der Waals surface area contributed by atoms with Gasteiger partial charge in [-0.2, -0.15) is 0 Å². The van der Waals surface area contributed by atoms with Crippen LogP contribution in [-0.2, 0) is 19.5 Å². The fourth-order valence-corrected chi connectivity index (χ4v) is 6.11. The van der Waals surface area contributed by atoms with Crippen molar-refractivity contribution < 1.29 is 4.79 Å². The van der Waals surface area contributed by atoms with Gasteiger partial charge in [0, 0.05) is 33.6 Å². The summed E-state index contributed by atoms with van der Waals surface area (Å²) in [6, 6.07) is 22.6. The largest absolute Gasteiger partial charge is 0.390 e. The number of anilines is 1. The van der Waals surface area contributed by atoms with Gasteiger partial charge in [-0.1, -0.05) is 54.6 Å². The molecule has 0 spiro atoms. The van der Waals surface area contributed by atoms with Gasteiger partial charge in [0.2, 0.25) is 0 Å². The van der Waals surface area contributed by atoms with Crippen molar-refractivity contribution in [2.45, 2.75) is 19.5 Å². The van der Waals surface area contributed by atoms with Crippen LogP contribution in [0.15, 0.2) is 66.7 Å². The van der Waals surface area contributed by atoms with E-state index in [4.69, 9.17) is 5.73 Å². The molecule has 3 nitrogen and oxygen atoms in total. The number of thiophene rings is 1. The summed E-state index contributed by atoms with van der Waals surface area (Å²) in [5, 5.41) is 2.75. The van der Waals surface area contributed by atoms with Crippen LogP contribution in [0, 0.1) is 3.57 Å². The van der Waals surface area contributed by atoms with Crippen molar-refractivity contribution in [3.05, 3.63) is 97.4 Å². The Morgan fingerprint density at radius 1 is 1.00 bits per heavy atom. The molecule has 0 saturated carbocycles. The summed E-state index contributed by atoms with van der Waals surface area (Å²) in [6.07, 6.45) is 0.860. The monoisotopic (exact) mass is 524 g/mol. The minimum Gasteiger partial charge on any atom is -0.390 e. The lowest BCUT2D eigenvalue weighted by Crippen LogP contribution is -2.29. The van der Waals surface area contributed by atoms with E-state index >= 15 is 0 Å². The Kier molecular flexibility index (Phi) is 5.35. The molecular weight excluding hydrogens is 503 g/mol. The summed E-state index contributed by atoms with van der Waals surface area (Å²) in [5.74, 6) is 0.0501. The van der Waals surface area contributed by atoms with Gasteiger partial charge in [-0.3, -0.25) is 9.69 Å². The molecule has 0 amide bonds. The average molecular weight is 524 g/mol. The lowest BCUT2D eigenvalue weighted by atomic mass is 9.93. The molecular formula is C25H21IN2OS. The molecule has 0 aliphatic carbocycles. The molecule has 4 aromatic rings. The first-order chi connectivity index (χ1) is 14.6. The maximum atomic E-state index is 13.6. The van der Waals surface area contributed by atoms with Crippen LogP contribution in [0.5, 0.6) is 0 Å². The minimum atomic E-state index is 0.0501. The van der Waals surface area contributed by atoms with Gasteiger partial charge in [0.25, 0.3) is 0 Å². The molecule has 2 N–H and O–H groups in total. The number of nitrogen functional groups attached to an aromatic ring is 1. The number of nitrogens with zero attached hydrogens (tertiary/aromatic N) is 1. The third-order valence-corrected chi connectivity index (χ3v) is 7.74. The Bertz CT molecular complexity index is 1250. The predicted molar refractivity (Wildman–Crippen MR) is 133 cm³/mol. The summed E-state index contributed by atoms with van der Waals surface area (Å²) < 4.78 is 1.15. The molecule has 0 unspecified atom stereocenters. The lowest BCUT2D eigenvalue weighted by molar-refractivity contribution is 0.103. The highest BCUT2D eigenvalue weighted by molar-refractivity contribution is 14.1. The zero-order valence-corrected chi connectivity index (χ0v) is 19.4. The number of carbonyl (C=O) groups excluding carboxylic acids is 1. The number of carbonyl (C=O) groups is 1. The van der Waals surface area contributed by atoms with Crippen LogP contribution in [0.25, 0.3) is 10.8 Å². The highest BCUT2D eigenvalue weighted by Gasteiger charge is 2.28. The number of halogens is 1. The van der Waals surface area contributed by atoms with Gasteiger partial charge in [0.1, 0.15) is 0 Å². The maximum Gasteiger partial charge on any atom is 0.196 e. The molecule has 1 aliphatic rings. The number of nitrogens with two attached hydrogens (primary N) is 1. The fraction of sp³-hybridized carbons (Fsp3) is 0.160. The van der Waals surface area contributed by atoms with Gasteiger partial charge < -0.3 is 5.73 Å². The van der Waals surface area contributed by atoms with Crippen LogP contribution in [0.3, 0.4) is 0 Å². The standard InChI is InChI=1S/C25H21IN2OS/c26-21-11-10-19(17-8-4-5-9-18(17)21)24(29)23-20-12-13-28(15-22(20)30-25(23)27)14-16-6-2-1-3-7-16/h1-11H,12-15,27H2. The number of benzene rings is 3. The second-order valence-corrected chi connectivity index (χ2v) is 9.96. The van der Waals surface area contributed by atoms with E-state index in [9.17, 15) is 4.79 Å². The van der Waals surface area contributed by atoms with E-state index in [1.165, 1.54) is 10.4 Å². The Hall–Kier alpha value is -2.22. The molecule has 150 valence electrons. The zero-order chi connectivity index (χ0) is 20.7. The van der Waals surface area contributed by atoms with Gasteiger partial charge in [0.05, 0.1) is 10.6 Å². The smallest absolute Gasteiger partial charge is 0.196 e. The highest BCUT2D eigenvalue weighted by Crippen LogP contribution is 2.38. The van der Waals surface area contributed by atoms with Crippen molar-refractivity contribution in [1.29, 1.82) is 0 Å². The van der Waals surface area contributed by atoms with Crippen LogP contribution in [-0.4, -0.2) is 17.2 Å². The Morgan fingerprint density at radius 2 is 1.73 bits per heavy atom. The van der Waals surface area contributed by atoms with Crippen LogP contribution in [0.4, 0.5) is 5.00 Å². The van der Waals surface area contributed by atoms with Crippen molar-refractivity contribution in [3.63, 3.8) is 0 Å². The summed E-state index contributed by atoms with van der Waals surface area (Å²) in [6.45, 7) is 2.70. The van der Waals surface area contributed by atoms with Crippen LogP contribution >= 0.6 is 33.9 Å². The topological polar surface area (TPSA) is 46.3 Å². The number of hydrogen-bond acceptors (Lipinski definition) is 4. The molecule has 2 heterocycles. The summed E-state index contributed by atoms with van der Waals surface area (Å²) in [5.41, 5.74) is 10.3. The second-order valence-electron chi connectivity index (χ2n) is 7.66. The number of hydrogen-bond donors (Lipinski definition) is 1. The Balaban J connectivity index is 1.48. The first-order valence-electron chi connectivity index (χ1n) is 10.00. The molecule has 0 atom stereocenters. The first kappa shape index (κ1) is 19.7. The quantitative estimate of drug-likeness (QED) is 0.268. The number of rotatable bonds is 4. The summed E-state index contributed by atoms with van der Waals surface area (Å²) in [7, 11) is 0. The van der Waals surface area contributed by atoms with Crippen molar-refractivity contribution in [1.82, 2.24) is 4.90 Å². The summed E-state index contributed by atoms with van der Waals surface area (Å²) >= 11 is 3.90. The molecule has 3 aromatic carbocycles. The number of fused-ring (bicyclic) bond motifs is 2. The normalized spacial score (nSPS) is 14.0. The average Bonchev–Trinajstić information content (AvgIpc) is 3.09. The van der Waals surface area contributed by atoms with Gasteiger partial charge >= 0.3 is 0 Å². The molecule has 0 bridgehead atoms. The molecule has 30 heavy (non-hydrogen) atoms. The predicted octanol–water partition coefficient (Wildman–Crippen LogP) is 5.88. The molecule has 5 rings (SSSR count). The van der Waals surface area contributed by atoms with E-state index < -0.39 is 0 Å². The van der Waals surface area contributed by atoms with Crippen molar-refractivity contribution in [3.8, 4) is 0 Å². The van der Waals surface area contributed by atoms with Crippen molar-refractivity contribution >= 4 is 55.5 Å². The number of ketones is 1.